The van der Waals surface area contributed by atoms with E-state index in [1.54, 1.807) is 17.1 Å². The van der Waals surface area contributed by atoms with E-state index >= 15 is 0 Å². The first-order chi connectivity index (χ1) is 13.7. The van der Waals surface area contributed by atoms with E-state index in [0.29, 0.717) is 30.6 Å². The van der Waals surface area contributed by atoms with Crippen molar-refractivity contribution in [2.24, 2.45) is 0 Å². The second-order valence-electron chi connectivity index (χ2n) is 7.08. The number of amides is 1. The molecule has 8 nitrogen and oxygen atoms in total. The molecule has 1 amide bonds. The summed E-state index contributed by atoms with van der Waals surface area (Å²) in [7, 11) is 0. The lowest BCUT2D eigenvalue weighted by Gasteiger charge is -2.22. The van der Waals surface area contributed by atoms with Crippen molar-refractivity contribution in [3.8, 4) is 11.5 Å². The number of carbonyl (C=O) groups is 1. The lowest BCUT2D eigenvalue weighted by Crippen LogP contribution is -2.29. The summed E-state index contributed by atoms with van der Waals surface area (Å²) in [6, 6.07) is 8.33. The van der Waals surface area contributed by atoms with Crippen LogP contribution in [-0.4, -0.2) is 45.5 Å². The van der Waals surface area contributed by atoms with Gasteiger partial charge in [-0.1, -0.05) is 22.9 Å². The fourth-order valence-corrected chi connectivity index (χ4v) is 3.28. The van der Waals surface area contributed by atoms with E-state index in [1.807, 2.05) is 31.2 Å². The van der Waals surface area contributed by atoms with Crippen molar-refractivity contribution in [1.82, 2.24) is 30.6 Å². The van der Waals surface area contributed by atoms with Crippen molar-refractivity contribution in [3.63, 3.8) is 0 Å². The van der Waals surface area contributed by atoms with Crippen LogP contribution in [0.15, 0.2) is 41.1 Å². The van der Waals surface area contributed by atoms with Gasteiger partial charge in [0.05, 0.1) is 17.9 Å². The first-order valence-corrected chi connectivity index (χ1v) is 9.61. The number of nitrogens with one attached hydrogen (secondary N) is 2. The smallest absolute Gasteiger partial charge is 0.273 e. The normalized spacial score (nSPS) is 14.9. The van der Waals surface area contributed by atoms with Crippen LogP contribution in [0.5, 0.6) is 0 Å². The van der Waals surface area contributed by atoms with Crippen LogP contribution in [0.2, 0.25) is 0 Å². The molecule has 3 aromatic rings. The molecule has 3 heterocycles. The second kappa shape index (κ2) is 8.35. The molecular weight excluding hydrogens is 356 g/mol. The van der Waals surface area contributed by atoms with Crippen LogP contribution in [0.1, 0.15) is 40.6 Å². The summed E-state index contributed by atoms with van der Waals surface area (Å²) in [5.41, 5.74) is 3.28. The Bertz CT molecular complexity index is 924. The second-order valence-corrected chi connectivity index (χ2v) is 7.08. The molecular formula is C20H24N6O2. The van der Waals surface area contributed by atoms with E-state index in [0.717, 1.165) is 37.2 Å². The zero-order valence-electron chi connectivity index (χ0n) is 15.9. The Labute approximate surface area is 163 Å². The van der Waals surface area contributed by atoms with E-state index in [-0.39, 0.29) is 5.91 Å². The summed E-state index contributed by atoms with van der Waals surface area (Å²) >= 11 is 0. The Kier molecular flexibility index (Phi) is 5.48. The Morgan fingerprint density at radius 2 is 2.07 bits per heavy atom. The van der Waals surface area contributed by atoms with Gasteiger partial charge in [-0.3, -0.25) is 4.79 Å². The molecule has 0 radical (unpaired) electrons. The molecule has 2 N–H and O–H groups in total. The number of rotatable bonds is 6. The summed E-state index contributed by atoms with van der Waals surface area (Å²) in [4.78, 5) is 16.8. The van der Waals surface area contributed by atoms with Crippen LogP contribution in [0.3, 0.4) is 0 Å². The molecule has 0 atom stereocenters. The third-order valence-electron chi connectivity index (χ3n) is 4.94. The number of hydrogen-bond acceptors (Lipinski definition) is 6. The number of piperidine rings is 1. The fourth-order valence-electron chi connectivity index (χ4n) is 3.28. The third kappa shape index (κ3) is 4.28. The van der Waals surface area contributed by atoms with Gasteiger partial charge >= 0.3 is 0 Å². The molecule has 0 spiro atoms. The van der Waals surface area contributed by atoms with Crippen LogP contribution in [0, 0.1) is 6.92 Å². The minimum absolute atomic E-state index is 0.220. The number of aromatic nitrogens is 4. The maximum atomic E-state index is 12.3. The Morgan fingerprint density at radius 3 is 2.86 bits per heavy atom. The molecule has 1 saturated heterocycles. The van der Waals surface area contributed by atoms with Crippen LogP contribution in [0.4, 0.5) is 0 Å². The van der Waals surface area contributed by atoms with Gasteiger partial charge in [0.15, 0.2) is 5.69 Å². The number of benzene rings is 1. The van der Waals surface area contributed by atoms with E-state index in [4.69, 9.17) is 4.42 Å². The lowest BCUT2D eigenvalue weighted by atomic mass is 10.1. The molecule has 0 aliphatic carbocycles. The minimum Gasteiger partial charge on any atom is -0.444 e. The van der Waals surface area contributed by atoms with E-state index in [2.05, 4.69) is 25.9 Å². The van der Waals surface area contributed by atoms with Crippen LogP contribution < -0.4 is 10.6 Å². The molecule has 1 aliphatic rings. The molecule has 1 fully saturated rings. The monoisotopic (exact) mass is 380 g/mol. The number of hydrogen-bond donors (Lipinski definition) is 2. The maximum absolute atomic E-state index is 12.3. The molecule has 28 heavy (non-hydrogen) atoms. The van der Waals surface area contributed by atoms with E-state index in [9.17, 15) is 4.79 Å². The van der Waals surface area contributed by atoms with Crippen molar-refractivity contribution in [2.75, 3.05) is 19.6 Å². The highest BCUT2D eigenvalue weighted by Crippen LogP contribution is 2.19. The van der Waals surface area contributed by atoms with Crippen molar-refractivity contribution < 1.29 is 9.21 Å². The van der Waals surface area contributed by atoms with Crippen molar-refractivity contribution in [2.45, 2.75) is 32.2 Å². The number of oxazole rings is 1. The quantitative estimate of drug-likeness (QED) is 0.680. The van der Waals surface area contributed by atoms with Gasteiger partial charge in [0.25, 0.3) is 5.91 Å². The molecule has 146 valence electrons. The number of nitrogens with zero attached hydrogens (tertiary/aromatic N) is 4. The third-order valence-corrected chi connectivity index (χ3v) is 4.94. The predicted molar refractivity (Wildman–Crippen MR) is 104 cm³/mol. The van der Waals surface area contributed by atoms with Gasteiger partial charge in [-0.15, -0.1) is 5.10 Å². The summed E-state index contributed by atoms with van der Waals surface area (Å²) in [5.74, 6) is 0.369. The zero-order chi connectivity index (χ0) is 19.3. The predicted octanol–water partition coefficient (Wildman–Crippen LogP) is 2.14. The van der Waals surface area contributed by atoms with Crippen LogP contribution in [0.25, 0.3) is 11.5 Å². The van der Waals surface area contributed by atoms with Gasteiger partial charge in [0.1, 0.15) is 6.26 Å². The highest BCUT2D eigenvalue weighted by Gasteiger charge is 2.18. The van der Waals surface area contributed by atoms with Gasteiger partial charge in [-0.2, -0.15) is 0 Å². The van der Waals surface area contributed by atoms with Crippen LogP contribution >= 0.6 is 0 Å². The average Bonchev–Trinajstić information content (AvgIpc) is 3.39. The molecule has 0 saturated carbocycles. The van der Waals surface area contributed by atoms with Crippen molar-refractivity contribution >= 4 is 5.91 Å². The number of aryl methyl sites for hydroxylation is 1. The molecule has 1 aliphatic heterocycles. The first-order valence-electron chi connectivity index (χ1n) is 9.61. The molecule has 4 rings (SSSR count). The van der Waals surface area contributed by atoms with Gasteiger partial charge < -0.3 is 15.1 Å². The molecule has 0 unspecified atom stereocenters. The Morgan fingerprint density at radius 1 is 1.29 bits per heavy atom. The van der Waals surface area contributed by atoms with Crippen LogP contribution in [-0.2, 0) is 6.42 Å². The zero-order valence-corrected chi connectivity index (χ0v) is 15.9. The maximum Gasteiger partial charge on any atom is 0.273 e. The Balaban J connectivity index is 1.29. The highest BCUT2D eigenvalue weighted by atomic mass is 16.3. The molecule has 8 heteroatoms. The molecule has 0 bridgehead atoms. The first kappa shape index (κ1) is 18.4. The lowest BCUT2D eigenvalue weighted by molar-refractivity contribution is 0.0949. The molecule has 2 aromatic heterocycles. The molecule has 1 aromatic carbocycles. The van der Waals surface area contributed by atoms with Crippen molar-refractivity contribution in [1.29, 1.82) is 0 Å². The number of carbonyl (C=O) groups excluding carboxylic acids is 1. The summed E-state index contributed by atoms with van der Waals surface area (Å²) in [6.07, 6.45) is 5.95. The van der Waals surface area contributed by atoms with Crippen molar-refractivity contribution in [3.05, 3.63) is 53.7 Å². The van der Waals surface area contributed by atoms with Gasteiger partial charge in [0, 0.05) is 18.5 Å². The van der Waals surface area contributed by atoms with E-state index in [1.165, 1.54) is 5.56 Å². The average molecular weight is 380 g/mol. The van der Waals surface area contributed by atoms with Gasteiger partial charge in [-0.25, -0.2) is 9.67 Å². The van der Waals surface area contributed by atoms with Gasteiger partial charge in [0.2, 0.25) is 5.89 Å². The standard InChI is InChI=1S/C20H24N6O2/c1-14-2-4-15(5-3-14)20-23-16(13-28-20)6-11-22-19(27)18-12-26(25-24-18)17-7-9-21-10-8-17/h2-5,12-13,17,21H,6-11H2,1H3,(H,22,27). The topological polar surface area (TPSA) is 97.9 Å². The SMILES string of the molecule is Cc1ccc(-c2nc(CCNC(=O)c3cn(C4CCNCC4)nn3)co2)cc1. The summed E-state index contributed by atoms with van der Waals surface area (Å²) in [6.45, 7) is 4.43. The van der Waals surface area contributed by atoms with E-state index < -0.39 is 0 Å². The summed E-state index contributed by atoms with van der Waals surface area (Å²) < 4.78 is 7.36. The summed E-state index contributed by atoms with van der Waals surface area (Å²) in [5, 5.41) is 14.3. The largest absolute Gasteiger partial charge is 0.444 e. The highest BCUT2D eigenvalue weighted by molar-refractivity contribution is 5.91. The fraction of sp³-hybridized carbons (Fsp3) is 0.400. The minimum atomic E-state index is -0.220. The van der Waals surface area contributed by atoms with Gasteiger partial charge in [-0.05, 0) is 45.0 Å². The Hall–Kier alpha value is -3.00.